The second kappa shape index (κ2) is 7.50. The fourth-order valence-electron chi connectivity index (χ4n) is 4.89. The summed E-state index contributed by atoms with van der Waals surface area (Å²) in [5.74, 6) is -0.834. The molecule has 3 heterocycles. The average Bonchev–Trinajstić information content (AvgIpc) is 3.33. The lowest BCUT2D eigenvalue weighted by Gasteiger charge is -2.37. The van der Waals surface area contributed by atoms with E-state index in [0.717, 1.165) is 44.6 Å². The number of nitrogens with zero attached hydrogens (tertiary/aromatic N) is 5. The first-order valence-corrected chi connectivity index (χ1v) is 10.9. The van der Waals surface area contributed by atoms with Crippen molar-refractivity contribution in [3.05, 3.63) is 34.6 Å². The molecule has 1 aliphatic heterocycles. The molecular weight excluding hydrogens is 423 g/mol. The van der Waals surface area contributed by atoms with Crippen LogP contribution in [0.15, 0.2) is 12.1 Å². The summed E-state index contributed by atoms with van der Waals surface area (Å²) >= 11 is 0. The smallest absolute Gasteiger partial charge is 0.336 e. The Hall–Kier alpha value is -3.09. The second-order valence-electron chi connectivity index (χ2n) is 8.83. The number of pyridine rings is 1. The van der Waals surface area contributed by atoms with Crippen molar-refractivity contribution in [1.29, 1.82) is 5.26 Å². The molecule has 2 aliphatic carbocycles. The van der Waals surface area contributed by atoms with E-state index in [2.05, 4.69) is 5.10 Å². The lowest BCUT2D eigenvalue weighted by molar-refractivity contribution is -0.142. The van der Waals surface area contributed by atoms with Crippen LogP contribution in [0.4, 0.5) is 13.2 Å². The Morgan fingerprint density at radius 1 is 1.12 bits per heavy atom. The molecular formula is C22H22F3N5O2. The van der Waals surface area contributed by atoms with E-state index in [9.17, 15) is 28.0 Å². The van der Waals surface area contributed by atoms with E-state index < -0.39 is 17.8 Å². The summed E-state index contributed by atoms with van der Waals surface area (Å²) in [4.78, 5) is 28.9. The quantitative estimate of drug-likeness (QED) is 0.726. The summed E-state index contributed by atoms with van der Waals surface area (Å²) in [5.41, 5.74) is -1.06. The number of rotatable bonds is 3. The van der Waals surface area contributed by atoms with E-state index >= 15 is 0 Å². The first-order chi connectivity index (χ1) is 15.3. The van der Waals surface area contributed by atoms with Crippen LogP contribution in [0.25, 0.3) is 5.52 Å². The summed E-state index contributed by atoms with van der Waals surface area (Å²) in [7, 11) is 0. The number of hydrogen-bond donors (Lipinski definition) is 0. The molecule has 3 aliphatic rings. The van der Waals surface area contributed by atoms with Crippen molar-refractivity contribution in [2.24, 2.45) is 0 Å². The molecule has 168 valence electrons. The Labute approximate surface area is 182 Å². The van der Waals surface area contributed by atoms with Crippen LogP contribution in [0.5, 0.6) is 0 Å². The molecule has 2 amide bonds. The van der Waals surface area contributed by atoms with Gasteiger partial charge in [0.1, 0.15) is 23.9 Å². The molecule has 0 atom stereocenters. The largest absolute Gasteiger partial charge is 0.433 e. The van der Waals surface area contributed by atoms with Gasteiger partial charge in [0.15, 0.2) is 5.69 Å². The van der Waals surface area contributed by atoms with Crippen molar-refractivity contribution in [3.8, 4) is 6.07 Å². The van der Waals surface area contributed by atoms with Gasteiger partial charge in [-0.25, -0.2) is 4.52 Å². The lowest BCUT2D eigenvalue weighted by atomic mass is 10.1. The minimum atomic E-state index is -4.69. The van der Waals surface area contributed by atoms with Crippen LogP contribution in [0.2, 0.25) is 0 Å². The minimum absolute atomic E-state index is 0.0245. The SMILES string of the molecule is N#Cc1c(C(=O)N2CCN(C3CCCC3)C(=O)C2)nn2c(C(F)(F)F)cc(C3CC3)cc12. The van der Waals surface area contributed by atoms with Gasteiger partial charge in [0, 0.05) is 19.1 Å². The van der Waals surface area contributed by atoms with Gasteiger partial charge in [-0.3, -0.25) is 9.59 Å². The highest BCUT2D eigenvalue weighted by atomic mass is 19.4. The minimum Gasteiger partial charge on any atom is -0.336 e. The molecule has 0 radical (unpaired) electrons. The molecule has 7 nitrogen and oxygen atoms in total. The number of alkyl halides is 3. The summed E-state index contributed by atoms with van der Waals surface area (Å²) in [6.07, 6.45) is 0.960. The van der Waals surface area contributed by atoms with Crippen LogP contribution < -0.4 is 0 Å². The Morgan fingerprint density at radius 3 is 2.44 bits per heavy atom. The zero-order valence-electron chi connectivity index (χ0n) is 17.4. The monoisotopic (exact) mass is 445 g/mol. The van der Waals surface area contributed by atoms with Gasteiger partial charge in [-0.1, -0.05) is 12.8 Å². The van der Waals surface area contributed by atoms with Gasteiger partial charge < -0.3 is 9.80 Å². The second-order valence-corrected chi connectivity index (χ2v) is 8.83. The van der Waals surface area contributed by atoms with Gasteiger partial charge in [0.05, 0.1) is 5.52 Å². The molecule has 5 rings (SSSR count). The summed E-state index contributed by atoms with van der Waals surface area (Å²) in [6.45, 7) is 0.483. The van der Waals surface area contributed by atoms with Crippen LogP contribution >= 0.6 is 0 Å². The lowest BCUT2D eigenvalue weighted by Crippen LogP contribution is -2.55. The molecule has 10 heteroatoms. The molecule has 2 aromatic rings. The van der Waals surface area contributed by atoms with Crippen LogP contribution in [-0.2, 0) is 11.0 Å². The van der Waals surface area contributed by atoms with Crippen LogP contribution in [0, 0.1) is 11.3 Å². The van der Waals surface area contributed by atoms with Gasteiger partial charge >= 0.3 is 6.18 Å². The van der Waals surface area contributed by atoms with Crippen molar-refractivity contribution in [1.82, 2.24) is 19.4 Å². The van der Waals surface area contributed by atoms with E-state index in [-0.39, 0.29) is 47.7 Å². The highest BCUT2D eigenvalue weighted by molar-refractivity contribution is 5.99. The summed E-state index contributed by atoms with van der Waals surface area (Å²) in [6, 6.07) is 4.65. The maximum absolute atomic E-state index is 13.7. The summed E-state index contributed by atoms with van der Waals surface area (Å²) in [5, 5.41) is 13.6. The predicted octanol–water partition coefficient (Wildman–Crippen LogP) is 3.33. The van der Waals surface area contributed by atoms with Crippen LogP contribution in [0.1, 0.15) is 71.8 Å². The van der Waals surface area contributed by atoms with Gasteiger partial charge in [-0.05, 0) is 49.3 Å². The maximum Gasteiger partial charge on any atom is 0.433 e. The molecule has 2 saturated carbocycles. The molecule has 0 bridgehead atoms. The van der Waals surface area contributed by atoms with E-state index in [1.54, 1.807) is 4.90 Å². The number of hydrogen-bond acceptors (Lipinski definition) is 4. The third-order valence-corrected chi connectivity index (χ3v) is 6.72. The fraction of sp³-hybridized carbons (Fsp3) is 0.545. The van der Waals surface area contributed by atoms with Crippen molar-refractivity contribution >= 4 is 17.3 Å². The number of nitriles is 1. The molecule has 0 N–H and O–H groups in total. The standard InChI is InChI=1S/C22H22F3N5O2/c23-22(24,25)18-10-14(13-5-6-13)9-17-16(11-26)20(27-30(17)18)21(32)28-7-8-29(19(31)12-28)15-3-1-2-4-15/h9-10,13,15H,1-8,12H2. The number of fused-ring (bicyclic) bond motifs is 1. The van der Waals surface area contributed by atoms with Gasteiger partial charge in [-0.2, -0.15) is 23.5 Å². The van der Waals surface area contributed by atoms with Gasteiger partial charge in [-0.15, -0.1) is 0 Å². The van der Waals surface area contributed by atoms with Crippen LogP contribution in [0.3, 0.4) is 0 Å². The molecule has 1 saturated heterocycles. The third kappa shape index (κ3) is 3.49. The van der Waals surface area contributed by atoms with E-state index in [4.69, 9.17) is 0 Å². The Kier molecular flexibility index (Phi) is 4.87. The number of aromatic nitrogens is 2. The van der Waals surface area contributed by atoms with Gasteiger partial charge in [0.25, 0.3) is 5.91 Å². The first-order valence-electron chi connectivity index (χ1n) is 10.9. The highest BCUT2D eigenvalue weighted by Crippen LogP contribution is 2.43. The number of amides is 2. The molecule has 0 spiro atoms. The molecule has 0 aromatic carbocycles. The molecule has 2 aromatic heterocycles. The summed E-state index contributed by atoms with van der Waals surface area (Å²) < 4.78 is 41.9. The van der Waals surface area contributed by atoms with Crippen LogP contribution in [-0.4, -0.2) is 56.9 Å². The zero-order valence-corrected chi connectivity index (χ0v) is 17.4. The number of carbonyl (C=O) groups excluding carboxylic acids is 2. The van der Waals surface area contributed by atoms with E-state index in [0.29, 0.717) is 16.6 Å². The molecule has 32 heavy (non-hydrogen) atoms. The zero-order chi connectivity index (χ0) is 22.6. The molecule has 3 fully saturated rings. The Bertz CT molecular complexity index is 1140. The molecule has 0 unspecified atom stereocenters. The number of halogens is 3. The maximum atomic E-state index is 13.7. The number of carbonyl (C=O) groups is 2. The fourth-order valence-corrected chi connectivity index (χ4v) is 4.89. The number of piperazine rings is 1. The normalized spacial score (nSPS) is 20.2. The van der Waals surface area contributed by atoms with Crippen molar-refractivity contribution in [2.45, 2.75) is 56.7 Å². The Morgan fingerprint density at radius 2 is 1.84 bits per heavy atom. The predicted molar refractivity (Wildman–Crippen MR) is 107 cm³/mol. The highest BCUT2D eigenvalue weighted by Gasteiger charge is 2.39. The van der Waals surface area contributed by atoms with Crippen molar-refractivity contribution in [3.63, 3.8) is 0 Å². The van der Waals surface area contributed by atoms with E-state index in [1.165, 1.54) is 11.0 Å². The van der Waals surface area contributed by atoms with E-state index in [1.807, 2.05) is 6.07 Å². The van der Waals surface area contributed by atoms with Crippen molar-refractivity contribution in [2.75, 3.05) is 19.6 Å². The first kappa shape index (κ1) is 20.8. The van der Waals surface area contributed by atoms with Crippen molar-refractivity contribution < 1.29 is 22.8 Å². The van der Waals surface area contributed by atoms with Gasteiger partial charge in [0.2, 0.25) is 5.91 Å². The Balaban J connectivity index is 1.49. The average molecular weight is 445 g/mol. The third-order valence-electron chi connectivity index (χ3n) is 6.72. The topological polar surface area (TPSA) is 81.7 Å².